The molecule has 0 spiro atoms. The topological polar surface area (TPSA) is 241 Å². The third-order valence-corrected chi connectivity index (χ3v) is 10.0. The highest BCUT2D eigenvalue weighted by Gasteiger charge is 2.43. The summed E-state index contributed by atoms with van der Waals surface area (Å²) in [4.78, 5) is 76.1. The van der Waals surface area contributed by atoms with Crippen LogP contribution < -0.4 is 20.1 Å². The first-order chi connectivity index (χ1) is 32.2. The summed E-state index contributed by atoms with van der Waals surface area (Å²) in [5.41, 5.74) is -0.137. The van der Waals surface area contributed by atoms with Gasteiger partial charge in [-0.25, -0.2) is 19.2 Å². The monoisotopic (exact) mass is 962 g/mol. The highest BCUT2D eigenvalue weighted by Crippen LogP contribution is 2.34. The first-order valence-electron chi connectivity index (χ1n) is 22.5. The molecule has 0 saturated carbocycles. The highest BCUT2D eigenvalue weighted by atomic mass is 16.8. The summed E-state index contributed by atoms with van der Waals surface area (Å²) in [6.07, 6.45) is 6.25. The summed E-state index contributed by atoms with van der Waals surface area (Å²) in [5, 5.41) is 25.4. The van der Waals surface area contributed by atoms with Gasteiger partial charge in [-0.05, 0) is 117 Å². The quantitative estimate of drug-likeness (QED) is 0.166. The van der Waals surface area contributed by atoms with Crippen molar-refractivity contribution in [3.8, 4) is 11.5 Å². The van der Waals surface area contributed by atoms with Crippen LogP contribution in [0.2, 0.25) is 0 Å². The van der Waals surface area contributed by atoms with E-state index in [0.717, 1.165) is 6.08 Å². The first kappa shape index (κ1) is 55.3. The smallest absolute Gasteiger partial charge is 0.412 e. The Morgan fingerprint density at radius 1 is 0.623 bits per heavy atom. The fourth-order valence-electron chi connectivity index (χ4n) is 7.01. The summed E-state index contributed by atoms with van der Waals surface area (Å²) in [6, 6.07) is 6.25. The maximum absolute atomic E-state index is 13.3. The zero-order valence-corrected chi connectivity index (χ0v) is 41.3. The molecular formula is C51H66N2O16. The number of anilines is 2. The van der Waals surface area contributed by atoms with Crippen LogP contribution in [-0.2, 0) is 38.0 Å². The van der Waals surface area contributed by atoms with Gasteiger partial charge in [-0.1, -0.05) is 36.5 Å². The Labute approximate surface area is 403 Å². The van der Waals surface area contributed by atoms with Crippen molar-refractivity contribution in [2.75, 3.05) is 24.9 Å². The summed E-state index contributed by atoms with van der Waals surface area (Å²) < 4.78 is 44.4. The molecule has 0 radical (unpaired) electrons. The van der Waals surface area contributed by atoms with E-state index >= 15 is 0 Å². The molecule has 0 bridgehead atoms. The van der Waals surface area contributed by atoms with Gasteiger partial charge in [0.15, 0.2) is 17.4 Å². The van der Waals surface area contributed by atoms with E-state index in [1.165, 1.54) is 50.7 Å². The van der Waals surface area contributed by atoms with E-state index in [9.17, 15) is 39.0 Å². The van der Waals surface area contributed by atoms with Crippen molar-refractivity contribution in [1.29, 1.82) is 0 Å². The van der Waals surface area contributed by atoms with Gasteiger partial charge in [0.05, 0.1) is 48.9 Å². The van der Waals surface area contributed by atoms with Crippen molar-refractivity contribution in [3.05, 3.63) is 83.0 Å². The molecule has 18 nitrogen and oxygen atoms in total. The maximum atomic E-state index is 13.3. The molecule has 3 heterocycles. The first-order valence-corrected chi connectivity index (χ1v) is 22.5. The number of rotatable bonds is 4. The van der Waals surface area contributed by atoms with Crippen molar-refractivity contribution < 1.29 is 76.9 Å². The number of benzene rings is 2. The predicted octanol–water partition coefficient (Wildman–Crippen LogP) is 8.28. The van der Waals surface area contributed by atoms with Gasteiger partial charge in [0.25, 0.3) is 0 Å². The number of methoxy groups -OCH3 is 2. The zero-order chi connectivity index (χ0) is 51.4. The Balaban J connectivity index is 0.000000302. The number of aliphatic hydroxyl groups is 2. The third-order valence-electron chi connectivity index (χ3n) is 10.0. The number of nitrogens with one attached hydrogen (secondary N) is 2. The summed E-state index contributed by atoms with van der Waals surface area (Å²) in [7, 11) is 2.92. The zero-order valence-electron chi connectivity index (χ0n) is 41.3. The average molecular weight is 963 g/mol. The molecule has 2 aromatic carbocycles. The van der Waals surface area contributed by atoms with Gasteiger partial charge in [0.2, 0.25) is 0 Å². The van der Waals surface area contributed by atoms with Crippen LogP contribution in [-0.4, -0.2) is 114 Å². The summed E-state index contributed by atoms with van der Waals surface area (Å²) >= 11 is 0. The van der Waals surface area contributed by atoms with Gasteiger partial charge >= 0.3 is 24.1 Å². The van der Waals surface area contributed by atoms with E-state index in [2.05, 4.69) is 10.6 Å². The average Bonchev–Trinajstić information content (AvgIpc) is 3.54. The molecule has 376 valence electrons. The molecular weight excluding hydrogens is 897 g/mol. The molecule has 69 heavy (non-hydrogen) atoms. The van der Waals surface area contributed by atoms with Crippen LogP contribution in [0.5, 0.6) is 11.5 Å². The van der Waals surface area contributed by atoms with Gasteiger partial charge in [-0.15, -0.1) is 0 Å². The summed E-state index contributed by atoms with van der Waals surface area (Å²) in [6.45, 7) is 17.3. The molecule has 6 atom stereocenters. The molecule has 3 aliphatic rings. The van der Waals surface area contributed by atoms with Crippen LogP contribution in [0.1, 0.15) is 127 Å². The number of amides is 2. The third kappa shape index (κ3) is 17.0. The molecule has 2 aromatic rings. The Morgan fingerprint density at radius 2 is 1.04 bits per heavy atom. The molecule has 4 N–H and O–H groups in total. The Kier molecular flexibility index (Phi) is 19.1. The normalized spacial score (nSPS) is 24.1. The Morgan fingerprint density at radius 3 is 1.48 bits per heavy atom. The second-order valence-electron chi connectivity index (χ2n) is 18.9. The molecule has 3 aliphatic heterocycles. The lowest BCUT2D eigenvalue weighted by Gasteiger charge is -2.22. The van der Waals surface area contributed by atoms with Gasteiger partial charge in [0.1, 0.15) is 47.1 Å². The predicted molar refractivity (Wildman–Crippen MR) is 256 cm³/mol. The molecule has 5 rings (SSSR count). The fraction of sp³-hybridized carbons (Fsp3) is 0.490. The lowest BCUT2D eigenvalue weighted by Crippen LogP contribution is -2.32. The van der Waals surface area contributed by atoms with Crippen molar-refractivity contribution in [1.82, 2.24) is 0 Å². The second-order valence-corrected chi connectivity index (χ2v) is 18.9. The van der Waals surface area contributed by atoms with Gasteiger partial charge in [-0.3, -0.25) is 20.2 Å². The van der Waals surface area contributed by atoms with E-state index in [-0.39, 0.29) is 41.1 Å². The van der Waals surface area contributed by atoms with E-state index in [1.807, 2.05) is 0 Å². The largest absolute Gasteiger partial charge is 0.497 e. The number of fused-ring (bicyclic) bond motifs is 3. The standard InChI is InChI=1S/C27H35NO8.C24H31NO8/c1-16-10-8-12-20(29)23-21(34-27(5,6)35-23)13-9-11-17-14-18(32-7)15-19(22(17)24(30)33-16)28-25(31)36-26(2,3)4;1-14-8-6-10-18(26)21(28)19(27)11-7-9-15-12-16(31-5)13-17(20(15)22(29)32-14)25-23(30)33-24(2,3)4/h8-9,11-12,14-16,21,23H,10,13H2,1-7H3,(H,28,31);6-7,9-10,12-14,19,21,27-28H,8,11H2,1-5H3,(H,25,30)/b11-9?,12-8-;9-7?,10-6-/t16-,21-,23+;14-,19-,21+/m00/s1. The van der Waals surface area contributed by atoms with Crippen LogP contribution >= 0.6 is 0 Å². The van der Waals surface area contributed by atoms with Crippen LogP contribution in [0.3, 0.4) is 0 Å². The van der Waals surface area contributed by atoms with Crippen molar-refractivity contribution in [2.24, 2.45) is 0 Å². The minimum absolute atomic E-state index is 0.0579. The highest BCUT2D eigenvalue weighted by molar-refractivity contribution is 6.04. The van der Waals surface area contributed by atoms with Crippen LogP contribution in [0.4, 0.5) is 21.0 Å². The molecule has 1 fully saturated rings. The Bertz CT molecular complexity index is 2330. The molecule has 0 aromatic heterocycles. The number of cyclic esters (lactones) is 2. The number of ether oxygens (including phenoxy) is 8. The number of hydrogen-bond donors (Lipinski definition) is 4. The van der Waals surface area contributed by atoms with E-state index in [0.29, 0.717) is 35.5 Å². The van der Waals surface area contributed by atoms with E-state index in [1.54, 1.807) is 99.6 Å². The van der Waals surface area contributed by atoms with Crippen LogP contribution in [0.15, 0.2) is 60.7 Å². The number of aliphatic hydroxyl groups excluding tert-OH is 2. The van der Waals surface area contributed by atoms with E-state index < -0.39 is 83.5 Å². The fourth-order valence-corrected chi connectivity index (χ4v) is 7.01. The number of carbonyl (C=O) groups excluding carboxylic acids is 6. The van der Waals surface area contributed by atoms with Gasteiger partial charge in [0, 0.05) is 25.0 Å². The molecule has 0 aliphatic carbocycles. The van der Waals surface area contributed by atoms with E-state index in [4.69, 9.17) is 37.9 Å². The SMILES string of the molecule is COc1cc2c(c(NC(=O)OC(C)(C)C)c1)C(=O)O[C@@H](C)C/C=C\C(=O)[C@@H](O)[C@@H](O)CC=C2.COc1cc2c(c(NC(=O)OC(C)(C)C)c1)C(=O)O[C@@H](C)C/C=C\C(=O)[C@H]1OC(C)(C)O[C@H]1CC=C2. The van der Waals surface area contributed by atoms with Crippen molar-refractivity contribution in [3.63, 3.8) is 0 Å². The molecule has 18 heteroatoms. The summed E-state index contributed by atoms with van der Waals surface area (Å²) in [5.74, 6) is -2.31. The Hall–Kier alpha value is -6.34. The van der Waals surface area contributed by atoms with Crippen LogP contribution in [0, 0.1) is 0 Å². The lowest BCUT2D eigenvalue weighted by molar-refractivity contribution is -0.152. The van der Waals surface area contributed by atoms with Crippen molar-refractivity contribution >= 4 is 59.2 Å². The number of hydrogen-bond acceptors (Lipinski definition) is 16. The minimum atomic E-state index is -1.58. The molecule has 0 unspecified atom stereocenters. The number of esters is 2. The second kappa shape index (κ2) is 23.8. The molecule has 2 amide bonds. The minimum Gasteiger partial charge on any atom is -0.497 e. The number of ketones is 2. The van der Waals surface area contributed by atoms with Crippen LogP contribution in [0.25, 0.3) is 12.2 Å². The number of carbonyl (C=O) groups is 6. The lowest BCUT2D eigenvalue weighted by atomic mass is 10.0. The maximum Gasteiger partial charge on any atom is 0.412 e. The van der Waals surface area contributed by atoms with Crippen molar-refractivity contribution in [2.45, 2.75) is 149 Å². The van der Waals surface area contributed by atoms with Gasteiger partial charge in [-0.2, -0.15) is 0 Å². The van der Waals surface area contributed by atoms with Gasteiger partial charge < -0.3 is 48.1 Å². The molecule has 1 saturated heterocycles.